The molecule has 2 heterocycles. The average molecular weight is 251 g/mol. The number of hydrogen-bond acceptors (Lipinski definition) is 3. The van der Waals surface area contributed by atoms with Gasteiger partial charge >= 0.3 is 0 Å². The molecule has 0 saturated carbocycles. The second-order valence-corrected chi connectivity index (χ2v) is 4.61. The number of rotatable bonds is 1. The third-order valence-corrected chi connectivity index (χ3v) is 3.45. The molecule has 0 bridgehead atoms. The van der Waals surface area contributed by atoms with E-state index in [-0.39, 0.29) is 0 Å². The second kappa shape index (κ2) is 3.99. The molecule has 0 fully saturated rings. The first-order valence-corrected chi connectivity index (χ1v) is 6.04. The van der Waals surface area contributed by atoms with Gasteiger partial charge in [-0.2, -0.15) is 5.26 Å². The Balaban J connectivity index is 2.21. The number of aryl methyl sites for hydroxylation is 1. The first-order valence-electron chi connectivity index (χ1n) is 6.04. The van der Waals surface area contributed by atoms with Gasteiger partial charge in [-0.15, -0.1) is 0 Å². The van der Waals surface area contributed by atoms with E-state index in [1.54, 1.807) is 0 Å². The molecule has 0 unspecified atom stereocenters. The minimum atomic E-state index is 0.660. The van der Waals surface area contributed by atoms with Gasteiger partial charge in [0.2, 0.25) is 0 Å². The van der Waals surface area contributed by atoms with Gasteiger partial charge in [-0.25, -0.2) is 4.98 Å². The highest BCUT2D eigenvalue weighted by atomic mass is 16.3. The normalized spacial score (nSPS) is 10.8. The summed E-state index contributed by atoms with van der Waals surface area (Å²) in [5.74, 6) is 0.660. The van der Waals surface area contributed by atoms with Crippen LogP contribution in [-0.2, 0) is 7.05 Å². The number of hydrogen-bond donors (Lipinski definition) is 0. The molecule has 3 aromatic rings. The van der Waals surface area contributed by atoms with Crippen LogP contribution >= 0.6 is 0 Å². The van der Waals surface area contributed by atoms with Gasteiger partial charge in [0.15, 0.2) is 11.5 Å². The monoisotopic (exact) mass is 251 g/mol. The summed E-state index contributed by atoms with van der Waals surface area (Å²) >= 11 is 0. The summed E-state index contributed by atoms with van der Waals surface area (Å²) in [5, 5.41) is 9.09. The molecule has 0 amide bonds. The summed E-state index contributed by atoms with van der Waals surface area (Å²) in [6.45, 7) is 3.78. The molecule has 0 saturated heterocycles. The van der Waals surface area contributed by atoms with Crippen LogP contribution in [0.1, 0.15) is 17.1 Å². The lowest BCUT2D eigenvalue weighted by Crippen LogP contribution is -1.94. The van der Waals surface area contributed by atoms with Crippen molar-refractivity contribution in [1.29, 1.82) is 5.26 Å². The van der Waals surface area contributed by atoms with Crippen molar-refractivity contribution < 1.29 is 4.42 Å². The van der Waals surface area contributed by atoms with E-state index in [4.69, 9.17) is 9.68 Å². The highest BCUT2D eigenvalue weighted by molar-refractivity contribution is 5.80. The van der Waals surface area contributed by atoms with E-state index in [1.807, 2.05) is 49.7 Å². The van der Waals surface area contributed by atoms with Gasteiger partial charge < -0.3 is 8.98 Å². The Morgan fingerprint density at radius 2 is 2.05 bits per heavy atom. The van der Waals surface area contributed by atoms with Gasteiger partial charge in [-0.3, -0.25) is 0 Å². The topological polar surface area (TPSA) is 54.8 Å². The molecule has 3 rings (SSSR count). The highest BCUT2D eigenvalue weighted by Gasteiger charge is 2.12. The summed E-state index contributed by atoms with van der Waals surface area (Å²) in [6.07, 6.45) is 0. The van der Waals surface area contributed by atoms with E-state index in [0.717, 1.165) is 28.1 Å². The molecule has 94 valence electrons. The SMILES string of the molecule is Cc1nc2cc(-c3cc(C#N)c(C)n3C)ccc2o1. The number of aromatic nitrogens is 2. The predicted molar refractivity (Wildman–Crippen MR) is 72.6 cm³/mol. The Morgan fingerprint density at radius 1 is 1.26 bits per heavy atom. The third-order valence-electron chi connectivity index (χ3n) is 3.45. The minimum Gasteiger partial charge on any atom is -0.441 e. The Labute approximate surface area is 110 Å². The van der Waals surface area contributed by atoms with E-state index in [2.05, 4.69) is 11.1 Å². The second-order valence-electron chi connectivity index (χ2n) is 4.61. The zero-order valence-electron chi connectivity index (χ0n) is 11.1. The van der Waals surface area contributed by atoms with Crippen molar-refractivity contribution in [1.82, 2.24) is 9.55 Å². The van der Waals surface area contributed by atoms with E-state index >= 15 is 0 Å². The Morgan fingerprint density at radius 3 is 2.74 bits per heavy atom. The lowest BCUT2D eigenvalue weighted by atomic mass is 10.1. The Kier molecular flexibility index (Phi) is 2.42. The minimum absolute atomic E-state index is 0.660. The molecule has 19 heavy (non-hydrogen) atoms. The molecule has 0 aliphatic carbocycles. The summed E-state index contributed by atoms with van der Waals surface area (Å²) in [4.78, 5) is 4.34. The van der Waals surface area contributed by atoms with Crippen LogP contribution in [0.25, 0.3) is 22.4 Å². The van der Waals surface area contributed by atoms with Crippen LogP contribution in [0.15, 0.2) is 28.7 Å². The zero-order valence-corrected chi connectivity index (χ0v) is 11.1. The number of nitriles is 1. The molecule has 0 spiro atoms. The Bertz CT molecular complexity index is 818. The van der Waals surface area contributed by atoms with Crippen molar-refractivity contribution in [3.8, 4) is 17.3 Å². The van der Waals surface area contributed by atoms with Crippen molar-refractivity contribution in [2.75, 3.05) is 0 Å². The number of oxazole rings is 1. The number of fused-ring (bicyclic) bond motifs is 1. The van der Waals surface area contributed by atoms with Crippen molar-refractivity contribution >= 4 is 11.1 Å². The fourth-order valence-electron chi connectivity index (χ4n) is 2.29. The van der Waals surface area contributed by atoms with Gasteiger partial charge in [0.1, 0.15) is 11.6 Å². The van der Waals surface area contributed by atoms with Crippen molar-refractivity contribution in [3.05, 3.63) is 41.4 Å². The van der Waals surface area contributed by atoms with E-state index in [9.17, 15) is 0 Å². The first kappa shape index (κ1) is 11.5. The van der Waals surface area contributed by atoms with E-state index in [1.165, 1.54) is 0 Å². The van der Waals surface area contributed by atoms with Crippen LogP contribution in [-0.4, -0.2) is 9.55 Å². The van der Waals surface area contributed by atoms with Crippen LogP contribution < -0.4 is 0 Å². The van der Waals surface area contributed by atoms with Crippen molar-refractivity contribution in [2.24, 2.45) is 7.05 Å². The molecular formula is C15H13N3O. The zero-order chi connectivity index (χ0) is 13.6. The summed E-state index contributed by atoms with van der Waals surface area (Å²) in [5.41, 5.74) is 5.34. The van der Waals surface area contributed by atoms with Gasteiger partial charge in [-0.1, -0.05) is 0 Å². The van der Waals surface area contributed by atoms with Crippen molar-refractivity contribution in [3.63, 3.8) is 0 Å². The Hall–Kier alpha value is -2.54. The maximum atomic E-state index is 9.09. The molecule has 0 aliphatic rings. The molecule has 4 nitrogen and oxygen atoms in total. The van der Waals surface area contributed by atoms with Crippen LogP contribution in [0.5, 0.6) is 0 Å². The molecular weight excluding hydrogens is 238 g/mol. The van der Waals surface area contributed by atoms with E-state index < -0.39 is 0 Å². The fourth-order valence-corrected chi connectivity index (χ4v) is 2.29. The summed E-state index contributed by atoms with van der Waals surface area (Å²) in [7, 11) is 1.96. The van der Waals surface area contributed by atoms with Crippen LogP contribution in [0.3, 0.4) is 0 Å². The van der Waals surface area contributed by atoms with E-state index in [0.29, 0.717) is 11.5 Å². The quantitative estimate of drug-likeness (QED) is 0.666. The third kappa shape index (κ3) is 1.71. The molecule has 0 aliphatic heterocycles. The van der Waals surface area contributed by atoms with Crippen molar-refractivity contribution in [2.45, 2.75) is 13.8 Å². The fraction of sp³-hybridized carbons (Fsp3) is 0.200. The average Bonchev–Trinajstić information content (AvgIpc) is 2.90. The molecule has 4 heteroatoms. The van der Waals surface area contributed by atoms with Crippen LogP contribution in [0.2, 0.25) is 0 Å². The summed E-state index contributed by atoms with van der Waals surface area (Å²) in [6, 6.07) is 10.0. The lowest BCUT2D eigenvalue weighted by molar-refractivity contribution is 0.561. The standard InChI is InChI=1S/C15H13N3O/c1-9-12(8-16)7-14(18(9)3)11-4-5-15-13(6-11)17-10(2)19-15/h4-7H,1-3H3. The van der Waals surface area contributed by atoms with Gasteiger partial charge in [0.25, 0.3) is 0 Å². The molecule has 0 atom stereocenters. The largest absolute Gasteiger partial charge is 0.441 e. The lowest BCUT2D eigenvalue weighted by Gasteiger charge is -2.04. The van der Waals surface area contributed by atoms with Crippen LogP contribution in [0, 0.1) is 25.2 Å². The van der Waals surface area contributed by atoms with Crippen LogP contribution in [0.4, 0.5) is 0 Å². The molecule has 2 aromatic heterocycles. The summed E-state index contributed by atoms with van der Waals surface area (Å²) < 4.78 is 7.49. The number of benzene rings is 1. The molecule has 1 aromatic carbocycles. The van der Waals surface area contributed by atoms with Gasteiger partial charge in [0.05, 0.1) is 5.56 Å². The first-order chi connectivity index (χ1) is 9.10. The van der Waals surface area contributed by atoms with Gasteiger partial charge in [-0.05, 0) is 31.2 Å². The molecule has 0 N–H and O–H groups in total. The highest BCUT2D eigenvalue weighted by Crippen LogP contribution is 2.27. The molecule has 0 radical (unpaired) electrons. The predicted octanol–water partition coefficient (Wildman–Crippen LogP) is 3.32. The maximum absolute atomic E-state index is 9.09. The maximum Gasteiger partial charge on any atom is 0.192 e. The smallest absolute Gasteiger partial charge is 0.192 e. The number of nitrogens with zero attached hydrogens (tertiary/aromatic N) is 3. The van der Waals surface area contributed by atoms with Gasteiger partial charge in [0, 0.05) is 30.9 Å².